The van der Waals surface area contributed by atoms with E-state index in [0.29, 0.717) is 11.8 Å². The van der Waals surface area contributed by atoms with Gasteiger partial charge in [0.15, 0.2) is 5.13 Å². The molecule has 3 N–H and O–H groups in total. The van der Waals surface area contributed by atoms with Gasteiger partial charge in [-0.25, -0.2) is 4.98 Å². The van der Waals surface area contributed by atoms with Crippen LogP contribution in [0.5, 0.6) is 11.5 Å². The van der Waals surface area contributed by atoms with Crippen molar-refractivity contribution in [1.82, 2.24) is 14.9 Å². The van der Waals surface area contributed by atoms with Gasteiger partial charge in [-0.1, -0.05) is 44.4 Å². The predicted molar refractivity (Wildman–Crippen MR) is 148 cm³/mol. The SMILES string of the molecule is CCN(CC)CCN=CC(=CN)c1cc(Oc2ccc3nc(NC4CCCCC4)sc3c2)ccn1. The molecule has 4 rings (SSSR count). The quantitative estimate of drug-likeness (QED) is 0.322. The number of hydrogen-bond donors (Lipinski definition) is 2. The lowest BCUT2D eigenvalue weighted by molar-refractivity contribution is 0.313. The van der Waals surface area contributed by atoms with E-state index in [0.717, 1.165) is 58.5 Å². The summed E-state index contributed by atoms with van der Waals surface area (Å²) in [4.78, 5) is 16.1. The van der Waals surface area contributed by atoms with Gasteiger partial charge in [0, 0.05) is 48.9 Å². The smallest absolute Gasteiger partial charge is 0.184 e. The Labute approximate surface area is 212 Å². The van der Waals surface area contributed by atoms with Gasteiger partial charge in [-0.15, -0.1) is 0 Å². The molecule has 35 heavy (non-hydrogen) atoms. The molecule has 0 atom stereocenters. The first-order valence-corrected chi connectivity index (χ1v) is 13.5. The monoisotopic (exact) mass is 492 g/mol. The first-order chi connectivity index (χ1) is 17.2. The van der Waals surface area contributed by atoms with Gasteiger partial charge < -0.3 is 20.7 Å². The van der Waals surface area contributed by atoms with Gasteiger partial charge in [-0.2, -0.15) is 0 Å². The topological polar surface area (TPSA) is 88.7 Å². The van der Waals surface area contributed by atoms with E-state index in [9.17, 15) is 0 Å². The zero-order chi connectivity index (χ0) is 24.5. The Morgan fingerprint density at radius 3 is 2.74 bits per heavy atom. The molecule has 8 heteroatoms. The van der Waals surface area contributed by atoms with Crippen molar-refractivity contribution in [3.8, 4) is 11.5 Å². The average molecular weight is 493 g/mol. The molecule has 1 fully saturated rings. The largest absolute Gasteiger partial charge is 0.457 e. The summed E-state index contributed by atoms with van der Waals surface area (Å²) in [5.41, 5.74) is 8.37. The second-order valence-electron chi connectivity index (χ2n) is 8.79. The van der Waals surface area contributed by atoms with Gasteiger partial charge in [0.05, 0.1) is 22.5 Å². The molecular weight excluding hydrogens is 456 g/mol. The number of allylic oxidation sites excluding steroid dienone is 1. The second kappa shape index (κ2) is 12.7. The van der Waals surface area contributed by atoms with E-state index in [1.165, 1.54) is 38.3 Å². The highest BCUT2D eigenvalue weighted by molar-refractivity contribution is 7.22. The molecule has 0 amide bonds. The zero-order valence-corrected chi connectivity index (χ0v) is 21.6. The molecule has 186 valence electrons. The Morgan fingerprint density at radius 1 is 1.17 bits per heavy atom. The number of fused-ring (bicyclic) bond motifs is 1. The maximum atomic E-state index is 6.17. The van der Waals surface area contributed by atoms with Crippen LogP contribution in [0.15, 0.2) is 47.7 Å². The van der Waals surface area contributed by atoms with Crippen molar-refractivity contribution in [1.29, 1.82) is 0 Å². The number of aliphatic imine (C=N–C) groups is 1. The number of ether oxygens (including phenoxy) is 1. The summed E-state index contributed by atoms with van der Waals surface area (Å²) in [5, 5.41) is 4.62. The molecule has 0 radical (unpaired) electrons. The summed E-state index contributed by atoms with van der Waals surface area (Å²) in [6.07, 6.45) is 11.5. The molecule has 0 aliphatic heterocycles. The molecule has 0 unspecified atom stereocenters. The highest BCUT2D eigenvalue weighted by Gasteiger charge is 2.15. The predicted octanol–water partition coefficient (Wildman–Crippen LogP) is 5.94. The van der Waals surface area contributed by atoms with Crippen LogP contribution in [-0.4, -0.2) is 53.3 Å². The maximum absolute atomic E-state index is 6.17. The number of aromatic nitrogens is 2. The summed E-state index contributed by atoms with van der Waals surface area (Å²) >= 11 is 1.68. The van der Waals surface area contributed by atoms with Crippen LogP contribution in [0.1, 0.15) is 51.6 Å². The van der Waals surface area contributed by atoms with Crippen molar-refractivity contribution in [2.24, 2.45) is 10.7 Å². The molecule has 1 aromatic carbocycles. The fourth-order valence-corrected chi connectivity index (χ4v) is 5.29. The van der Waals surface area contributed by atoms with E-state index < -0.39 is 0 Å². The molecule has 0 spiro atoms. The maximum Gasteiger partial charge on any atom is 0.184 e. The third-order valence-electron chi connectivity index (χ3n) is 6.41. The first kappa shape index (κ1) is 25.1. The average Bonchev–Trinajstić information content (AvgIpc) is 3.28. The number of nitrogens with two attached hydrogens (primary N) is 1. The Balaban J connectivity index is 1.41. The van der Waals surface area contributed by atoms with Crippen LogP contribution in [0, 0.1) is 0 Å². The molecule has 2 aromatic heterocycles. The van der Waals surface area contributed by atoms with E-state index in [1.54, 1.807) is 23.7 Å². The first-order valence-electron chi connectivity index (χ1n) is 12.6. The van der Waals surface area contributed by atoms with Crippen LogP contribution in [0.2, 0.25) is 0 Å². The molecule has 2 heterocycles. The van der Waals surface area contributed by atoms with Gasteiger partial charge in [0.25, 0.3) is 0 Å². The zero-order valence-electron chi connectivity index (χ0n) is 20.7. The number of nitrogens with one attached hydrogen (secondary N) is 1. The fourth-order valence-electron chi connectivity index (χ4n) is 4.32. The van der Waals surface area contributed by atoms with Crippen molar-refractivity contribution in [2.75, 3.05) is 31.5 Å². The molecule has 7 nitrogen and oxygen atoms in total. The number of anilines is 1. The Morgan fingerprint density at radius 2 is 1.97 bits per heavy atom. The summed E-state index contributed by atoms with van der Waals surface area (Å²) in [5.74, 6) is 1.48. The number of nitrogens with zero attached hydrogens (tertiary/aromatic N) is 4. The molecular formula is C27H36N6OS. The fraction of sp³-hybridized carbons (Fsp3) is 0.444. The van der Waals surface area contributed by atoms with E-state index >= 15 is 0 Å². The van der Waals surface area contributed by atoms with E-state index in [2.05, 4.69) is 34.0 Å². The molecule has 3 aromatic rings. The minimum atomic E-state index is 0.542. The Bertz CT molecular complexity index is 1150. The molecule has 1 saturated carbocycles. The van der Waals surface area contributed by atoms with Crippen molar-refractivity contribution < 1.29 is 4.74 Å². The highest BCUT2D eigenvalue weighted by Crippen LogP contribution is 2.33. The van der Waals surface area contributed by atoms with Gasteiger partial charge in [0.2, 0.25) is 0 Å². The second-order valence-corrected chi connectivity index (χ2v) is 9.82. The number of thiazole rings is 1. The summed E-state index contributed by atoms with van der Waals surface area (Å²) < 4.78 is 7.28. The van der Waals surface area contributed by atoms with Crippen molar-refractivity contribution in [2.45, 2.75) is 52.0 Å². The third-order valence-corrected chi connectivity index (χ3v) is 7.35. The number of rotatable bonds is 11. The molecule has 1 aliphatic rings. The van der Waals surface area contributed by atoms with E-state index in [-0.39, 0.29) is 0 Å². The molecule has 0 bridgehead atoms. The van der Waals surface area contributed by atoms with Gasteiger partial charge in [-0.3, -0.25) is 9.98 Å². The van der Waals surface area contributed by atoms with Crippen LogP contribution in [0.4, 0.5) is 5.13 Å². The normalized spacial score (nSPS) is 15.3. The summed E-state index contributed by atoms with van der Waals surface area (Å²) in [6.45, 7) is 8.02. The molecule has 0 saturated heterocycles. The number of hydrogen-bond acceptors (Lipinski definition) is 8. The van der Waals surface area contributed by atoms with Crippen molar-refractivity contribution >= 4 is 38.5 Å². The van der Waals surface area contributed by atoms with Gasteiger partial charge in [0.1, 0.15) is 11.5 Å². The third kappa shape index (κ3) is 7.02. The van der Waals surface area contributed by atoms with Crippen molar-refractivity contribution in [3.63, 3.8) is 0 Å². The standard InChI is InChI=1S/C27H36N6OS/c1-3-33(4-2)15-14-29-19-20(18-28)25-16-23(12-13-30-25)34-22-10-11-24-26(17-22)35-27(32-24)31-21-8-6-5-7-9-21/h10-13,16-19,21H,3-9,14-15,28H2,1-2H3,(H,31,32). The van der Waals surface area contributed by atoms with Crippen LogP contribution in [-0.2, 0) is 0 Å². The van der Waals surface area contributed by atoms with Gasteiger partial charge >= 0.3 is 0 Å². The molecule has 1 aliphatic carbocycles. The summed E-state index contributed by atoms with van der Waals surface area (Å²) in [6, 6.07) is 10.3. The number of benzene rings is 1. The Kier molecular flexibility index (Phi) is 9.08. The van der Waals surface area contributed by atoms with E-state index in [4.69, 9.17) is 15.5 Å². The van der Waals surface area contributed by atoms with Crippen LogP contribution >= 0.6 is 11.3 Å². The minimum Gasteiger partial charge on any atom is -0.457 e. The van der Waals surface area contributed by atoms with Crippen LogP contribution in [0.3, 0.4) is 0 Å². The number of pyridine rings is 1. The lowest BCUT2D eigenvalue weighted by Gasteiger charge is -2.22. The minimum absolute atomic E-state index is 0.542. The summed E-state index contributed by atoms with van der Waals surface area (Å²) in [7, 11) is 0. The Hall–Kier alpha value is -2.97. The lowest BCUT2D eigenvalue weighted by atomic mass is 9.96. The highest BCUT2D eigenvalue weighted by atomic mass is 32.1. The van der Waals surface area contributed by atoms with Crippen LogP contribution in [0.25, 0.3) is 15.8 Å². The van der Waals surface area contributed by atoms with Gasteiger partial charge in [-0.05, 0) is 44.1 Å². The number of likely N-dealkylation sites (N-methyl/N-ethyl adjacent to an activating group) is 1. The van der Waals surface area contributed by atoms with Crippen molar-refractivity contribution in [3.05, 3.63) is 48.4 Å². The lowest BCUT2D eigenvalue weighted by Crippen LogP contribution is -2.25. The van der Waals surface area contributed by atoms with Crippen LogP contribution < -0.4 is 15.8 Å². The van der Waals surface area contributed by atoms with E-state index in [1.807, 2.05) is 30.3 Å².